The van der Waals surface area contributed by atoms with Gasteiger partial charge < -0.3 is 14.5 Å². The summed E-state index contributed by atoms with van der Waals surface area (Å²) in [5.41, 5.74) is -0.482. The van der Waals surface area contributed by atoms with E-state index in [2.05, 4.69) is 5.32 Å². The molecule has 1 aliphatic heterocycles. The Bertz CT molecular complexity index is 969. The number of para-hydroxylation sites is 2. The number of carbonyl (C=O) groups is 2. The van der Waals surface area contributed by atoms with Crippen LogP contribution in [0.1, 0.15) is 18.2 Å². The van der Waals surface area contributed by atoms with Crippen molar-refractivity contribution in [3.8, 4) is 11.5 Å². The number of hydrogen-bond acceptors (Lipinski definition) is 4. The Labute approximate surface area is 156 Å². The second kappa shape index (κ2) is 6.64. The molecule has 0 bridgehead atoms. The molecule has 0 saturated carbocycles. The minimum absolute atomic E-state index is 0.101. The molecule has 0 spiro atoms. The molecule has 3 amide bonds. The Hall–Kier alpha value is -3.54. The number of nitrogens with zero attached hydrogens (tertiary/aromatic N) is 1. The summed E-state index contributed by atoms with van der Waals surface area (Å²) in [7, 11) is 0. The third kappa shape index (κ3) is 3.06. The van der Waals surface area contributed by atoms with Crippen LogP contribution in [-0.4, -0.2) is 16.8 Å². The number of ether oxygens (including phenoxy) is 1. The van der Waals surface area contributed by atoms with Crippen LogP contribution in [0, 0.1) is 0 Å². The molecule has 1 aromatic heterocycles. The molecule has 1 saturated heterocycles. The van der Waals surface area contributed by atoms with Crippen LogP contribution in [0.4, 0.5) is 4.79 Å². The van der Waals surface area contributed by atoms with Crippen molar-refractivity contribution in [2.24, 2.45) is 0 Å². The lowest BCUT2D eigenvalue weighted by Crippen LogP contribution is -2.40. The van der Waals surface area contributed by atoms with Crippen LogP contribution >= 0.6 is 0 Å². The highest BCUT2D eigenvalue weighted by molar-refractivity contribution is 6.06. The first-order valence-corrected chi connectivity index (χ1v) is 8.57. The minimum atomic E-state index is -1.21. The van der Waals surface area contributed by atoms with Crippen LogP contribution in [0.15, 0.2) is 77.4 Å². The maximum atomic E-state index is 13.0. The smallest absolute Gasteiger partial charge is 0.325 e. The number of amides is 3. The van der Waals surface area contributed by atoms with Crippen molar-refractivity contribution in [1.82, 2.24) is 10.2 Å². The van der Waals surface area contributed by atoms with E-state index in [0.717, 1.165) is 5.56 Å². The highest BCUT2D eigenvalue weighted by atomic mass is 16.5. The molecule has 1 fully saturated rings. The topological polar surface area (TPSA) is 71.8 Å². The van der Waals surface area contributed by atoms with Gasteiger partial charge in [-0.15, -0.1) is 0 Å². The number of rotatable bonds is 5. The Kier molecular flexibility index (Phi) is 4.16. The third-order valence-corrected chi connectivity index (χ3v) is 4.56. The van der Waals surface area contributed by atoms with Gasteiger partial charge in [0.1, 0.15) is 17.3 Å². The fourth-order valence-corrected chi connectivity index (χ4v) is 3.09. The molecule has 6 nitrogen and oxygen atoms in total. The summed E-state index contributed by atoms with van der Waals surface area (Å²) in [4.78, 5) is 26.6. The SMILES string of the molecule is C[C@]1(c2ccco2)NC(=O)N(Cc2ccccc2Oc2ccccc2)C1=O. The standard InChI is InChI=1S/C21H18N2O4/c1-21(18-12-7-13-26-18)19(24)23(20(25)22-21)14-15-8-5-6-11-17(15)27-16-9-3-2-4-10-16/h2-13H,14H2,1H3,(H,22,25)/t21-/m1/s1. The van der Waals surface area contributed by atoms with E-state index in [9.17, 15) is 9.59 Å². The lowest BCUT2D eigenvalue weighted by molar-refractivity contribution is -0.132. The van der Waals surface area contributed by atoms with Gasteiger partial charge in [0.25, 0.3) is 5.91 Å². The van der Waals surface area contributed by atoms with Gasteiger partial charge >= 0.3 is 6.03 Å². The zero-order chi connectivity index (χ0) is 18.9. The molecular weight excluding hydrogens is 344 g/mol. The summed E-state index contributed by atoms with van der Waals surface area (Å²) in [6, 6.07) is 19.6. The monoisotopic (exact) mass is 362 g/mol. The van der Waals surface area contributed by atoms with E-state index in [1.54, 1.807) is 19.1 Å². The van der Waals surface area contributed by atoms with E-state index in [4.69, 9.17) is 9.15 Å². The molecule has 2 aromatic carbocycles. The van der Waals surface area contributed by atoms with Crippen molar-refractivity contribution < 1.29 is 18.7 Å². The second-order valence-corrected chi connectivity index (χ2v) is 6.45. The molecule has 27 heavy (non-hydrogen) atoms. The minimum Gasteiger partial charge on any atom is -0.466 e. The van der Waals surface area contributed by atoms with Crippen LogP contribution < -0.4 is 10.1 Å². The van der Waals surface area contributed by atoms with Crippen LogP contribution in [-0.2, 0) is 16.9 Å². The number of hydrogen-bond donors (Lipinski definition) is 1. The molecule has 6 heteroatoms. The zero-order valence-electron chi connectivity index (χ0n) is 14.7. The van der Waals surface area contributed by atoms with E-state index in [0.29, 0.717) is 17.3 Å². The number of furan rings is 1. The molecule has 0 radical (unpaired) electrons. The predicted octanol–water partition coefficient (Wildman–Crippen LogP) is 4.04. The zero-order valence-corrected chi connectivity index (χ0v) is 14.7. The number of imide groups is 1. The maximum Gasteiger partial charge on any atom is 0.325 e. The van der Waals surface area contributed by atoms with Gasteiger partial charge in [-0.2, -0.15) is 0 Å². The average molecular weight is 362 g/mol. The summed E-state index contributed by atoms with van der Waals surface area (Å²) in [6.07, 6.45) is 1.48. The van der Waals surface area contributed by atoms with Gasteiger partial charge in [-0.3, -0.25) is 9.69 Å². The van der Waals surface area contributed by atoms with Crippen LogP contribution in [0.25, 0.3) is 0 Å². The molecule has 136 valence electrons. The highest BCUT2D eigenvalue weighted by Crippen LogP contribution is 2.32. The van der Waals surface area contributed by atoms with E-state index < -0.39 is 11.6 Å². The first kappa shape index (κ1) is 16.9. The quantitative estimate of drug-likeness (QED) is 0.696. The molecule has 3 aromatic rings. The predicted molar refractivity (Wildman–Crippen MR) is 98.1 cm³/mol. The van der Waals surface area contributed by atoms with Gasteiger partial charge in [0, 0.05) is 5.56 Å². The van der Waals surface area contributed by atoms with Crippen molar-refractivity contribution in [1.29, 1.82) is 0 Å². The molecule has 4 rings (SSSR count). The molecule has 0 unspecified atom stereocenters. The third-order valence-electron chi connectivity index (χ3n) is 4.56. The Morgan fingerprint density at radius 1 is 1.00 bits per heavy atom. The summed E-state index contributed by atoms with van der Waals surface area (Å²) in [5.74, 6) is 1.31. The summed E-state index contributed by atoms with van der Waals surface area (Å²) in [5, 5.41) is 2.72. The fraction of sp³-hybridized carbons (Fsp3) is 0.143. The molecule has 1 N–H and O–H groups in total. The number of benzene rings is 2. The van der Waals surface area contributed by atoms with Gasteiger partial charge in [-0.25, -0.2) is 4.79 Å². The first-order valence-electron chi connectivity index (χ1n) is 8.57. The van der Waals surface area contributed by atoms with Crippen molar-refractivity contribution in [3.63, 3.8) is 0 Å². The summed E-state index contributed by atoms with van der Waals surface area (Å²) >= 11 is 0. The molecule has 2 heterocycles. The lowest BCUT2D eigenvalue weighted by Gasteiger charge is -2.19. The largest absolute Gasteiger partial charge is 0.466 e. The first-order chi connectivity index (χ1) is 13.1. The van der Waals surface area contributed by atoms with Gasteiger partial charge in [-0.1, -0.05) is 36.4 Å². The second-order valence-electron chi connectivity index (χ2n) is 6.45. The van der Waals surface area contributed by atoms with Gasteiger partial charge in [-0.05, 0) is 37.3 Å². The van der Waals surface area contributed by atoms with Crippen LogP contribution in [0.2, 0.25) is 0 Å². The number of nitrogens with one attached hydrogen (secondary N) is 1. The Morgan fingerprint density at radius 3 is 2.48 bits per heavy atom. The van der Waals surface area contributed by atoms with Crippen LogP contribution in [0.3, 0.4) is 0 Å². The molecule has 1 aliphatic rings. The number of urea groups is 1. The van der Waals surface area contributed by atoms with Gasteiger partial charge in [0.15, 0.2) is 5.54 Å². The fourth-order valence-electron chi connectivity index (χ4n) is 3.09. The van der Waals surface area contributed by atoms with E-state index in [-0.39, 0.29) is 12.5 Å². The number of carbonyl (C=O) groups excluding carboxylic acids is 2. The normalized spacial score (nSPS) is 19.2. The van der Waals surface area contributed by atoms with Crippen molar-refractivity contribution in [2.75, 3.05) is 0 Å². The van der Waals surface area contributed by atoms with Crippen LogP contribution in [0.5, 0.6) is 11.5 Å². The van der Waals surface area contributed by atoms with Crippen molar-refractivity contribution >= 4 is 11.9 Å². The maximum absolute atomic E-state index is 13.0. The average Bonchev–Trinajstić information content (AvgIpc) is 3.29. The van der Waals surface area contributed by atoms with Gasteiger partial charge in [0.2, 0.25) is 0 Å². The molecule has 0 aliphatic carbocycles. The lowest BCUT2D eigenvalue weighted by atomic mass is 9.99. The summed E-state index contributed by atoms with van der Waals surface area (Å²) in [6.45, 7) is 1.74. The molecule has 1 atom stereocenters. The highest BCUT2D eigenvalue weighted by Gasteiger charge is 2.51. The Balaban J connectivity index is 1.60. The Morgan fingerprint density at radius 2 is 1.74 bits per heavy atom. The van der Waals surface area contributed by atoms with E-state index in [1.165, 1.54) is 11.2 Å². The molecular formula is C21H18N2O4. The van der Waals surface area contributed by atoms with E-state index in [1.807, 2.05) is 54.6 Å². The van der Waals surface area contributed by atoms with Gasteiger partial charge in [0.05, 0.1) is 12.8 Å². The van der Waals surface area contributed by atoms with E-state index >= 15 is 0 Å². The van der Waals surface area contributed by atoms with Crippen molar-refractivity contribution in [2.45, 2.75) is 19.0 Å². The van der Waals surface area contributed by atoms with Crippen molar-refractivity contribution in [3.05, 3.63) is 84.3 Å². The summed E-state index contributed by atoms with van der Waals surface area (Å²) < 4.78 is 11.3.